The molecular formula is C24H27N5. The molecule has 3 heterocycles. The largest absolute Gasteiger partial charge is 0.372 e. The van der Waals surface area contributed by atoms with Gasteiger partial charge in [-0.05, 0) is 68.5 Å². The Bertz CT molecular complexity index is 992. The molecule has 3 aromatic rings. The minimum atomic E-state index is 0.766. The summed E-state index contributed by atoms with van der Waals surface area (Å²) in [6, 6.07) is 19.2. The lowest BCUT2D eigenvalue weighted by Gasteiger charge is -2.28. The molecule has 5 heteroatoms. The van der Waals surface area contributed by atoms with Gasteiger partial charge in [0.25, 0.3) is 0 Å². The monoisotopic (exact) mass is 385 g/mol. The predicted molar refractivity (Wildman–Crippen MR) is 120 cm³/mol. The van der Waals surface area contributed by atoms with Gasteiger partial charge in [0, 0.05) is 48.5 Å². The summed E-state index contributed by atoms with van der Waals surface area (Å²) in [4.78, 5) is 14.2. The van der Waals surface area contributed by atoms with E-state index in [0.29, 0.717) is 0 Å². The van der Waals surface area contributed by atoms with Crippen LogP contribution in [0.4, 0.5) is 28.8 Å². The number of piperidine rings is 1. The number of anilines is 5. The Labute approximate surface area is 172 Å². The van der Waals surface area contributed by atoms with Gasteiger partial charge in [0.2, 0.25) is 5.95 Å². The van der Waals surface area contributed by atoms with E-state index in [4.69, 9.17) is 9.97 Å². The van der Waals surface area contributed by atoms with E-state index in [1.807, 2.05) is 13.0 Å². The molecule has 0 unspecified atom stereocenters. The summed E-state index contributed by atoms with van der Waals surface area (Å²) in [5, 5.41) is 3.47. The summed E-state index contributed by atoms with van der Waals surface area (Å²) in [5.41, 5.74) is 5.90. The van der Waals surface area contributed by atoms with Gasteiger partial charge < -0.3 is 15.1 Å². The molecule has 0 radical (unpaired) electrons. The summed E-state index contributed by atoms with van der Waals surface area (Å²) in [6.45, 7) is 5.28. The smallest absolute Gasteiger partial charge is 0.232 e. The van der Waals surface area contributed by atoms with Gasteiger partial charge >= 0.3 is 0 Å². The van der Waals surface area contributed by atoms with Crippen molar-refractivity contribution >= 4 is 28.8 Å². The minimum absolute atomic E-state index is 0.766. The van der Waals surface area contributed by atoms with Crippen LogP contribution in [0.1, 0.15) is 30.5 Å². The van der Waals surface area contributed by atoms with Crippen molar-refractivity contribution in [1.82, 2.24) is 9.97 Å². The predicted octanol–water partition coefficient (Wildman–Crippen LogP) is 5.21. The molecule has 0 bridgehead atoms. The Hall–Kier alpha value is -3.08. The number of benzene rings is 2. The number of nitrogens with zero attached hydrogens (tertiary/aromatic N) is 4. The Morgan fingerprint density at radius 3 is 2.48 bits per heavy atom. The zero-order chi connectivity index (χ0) is 19.6. The van der Waals surface area contributed by atoms with Crippen LogP contribution in [0.5, 0.6) is 0 Å². The van der Waals surface area contributed by atoms with Crippen molar-refractivity contribution < 1.29 is 0 Å². The fraction of sp³-hybridized carbons (Fsp3) is 0.333. The fourth-order valence-corrected chi connectivity index (χ4v) is 4.34. The summed E-state index contributed by atoms with van der Waals surface area (Å²) in [7, 11) is 0. The molecule has 5 rings (SSSR count). The van der Waals surface area contributed by atoms with Crippen LogP contribution in [0.3, 0.4) is 0 Å². The molecule has 148 valence electrons. The van der Waals surface area contributed by atoms with Gasteiger partial charge in [-0.2, -0.15) is 4.98 Å². The number of fused-ring (bicyclic) bond motifs is 1. The topological polar surface area (TPSA) is 44.3 Å². The van der Waals surface area contributed by atoms with Gasteiger partial charge in [0.05, 0.1) is 0 Å². The third-order valence-electron chi connectivity index (χ3n) is 5.83. The van der Waals surface area contributed by atoms with Gasteiger partial charge in [-0.15, -0.1) is 0 Å². The number of hydrogen-bond acceptors (Lipinski definition) is 5. The quantitative estimate of drug-likeness (QED) is 0.668. The fourth-order valence-electron chi connectivity index (χ4n) is 4.34. The maximum Gasteiger partial charge on any atom is 0.232 e. The van der Waals surface area contributed by atoms with Gasteiger partial charge in [0.15, 0.2) is 0 Å². The number of hydrogen-bond donors (Lipinski definition) is 1. The SMILES string of the molecule is Cc1cc(Nc2ccc(N3CCCCC3)cc2)nc(N2CCc3ccccc32)n1. The second-order valence-electron chi connectivity index (χ2n) is 7.94. The van der Waals surface area contributed by atoms with Crippen molar-refractivity contribution in [2.24, 2.45) is 0 Å². The molecule has 2 aromatic carbocycles. The Kier molecular flexibility index (Phi) is 4.80. The lowest BCUT2D eigenvalue weighted by Crippen LogP contribution is -2.29. The van der Waals surface area contributed by atoms with E-state index in [9.17, 15) is 0 Å². The van der Waals surface area contributed by atoms with Gasteiger partial charge in [-0.25, -0.2) is 4.98 Å². The molecule has 5 nitrogen and oxygen atoms in total. The summed E-state index contributed by atoms with van der Waals surface area (Å²) < 4.78 is 0. The molecule has 0 aliphatic carbocycles. The maximum atomic E-state index is 4.82. The van der Waals surface area contributed by atoms with E-state index >= 15 is 0 Å². The normalized spacial score (nSPS) is 16.0. The first-order chi connectivity index (χ1) is 14.3. The molecule has 0 saturated carbocycles. The van der Waals surface area contributed by atoms with Crippen molar-refractivity contribution in [3.8, 4) is 0 Å². The number of rotatable bonds is 4. The van der Waals surface area contributed by atoms with Gasteiger partial charge in [-0.1, -0.05) is 18.2 Å². The average Bonchev–Trinajstić information content (AvgIpc) is 3.19. The number of aryl methyl sites for hydroxylation is 1. The van der Waals surface area contributed by atoms with Gasteiger partial charge in [0.1, 0.15) is 5.82 Å². The van der Waals surface area contributed by atoms with E-state index in [2.05, 4.69) is 63.6 Å². The first-order valence-electron chi connectivity index (χ1n) is 10.6. The zero-order valence-electron chi connectivity index (χ0n) is 16.9. The van der Waals surface area contributed by atoms with Crippen molar-refractivity contribution in [2.45, 2.75) is 32.6 Å². The molecule has 2 aliphatic heterocycles. The molecule has 2 aliphatic rings. The Morgan fingerprint density at radius 2 is 1.66 bits per heavy atom. The average molecular weight is 386 g/mol. The molecule has 1 saturated heterocycles. The van der Waals surface area contributed by atoms with Crippen molar-refractivity contribution in [2.75, 3.05) is 34.8 Å². The van der Waals surface area contributed by atoms with Crippen LogP contribution in [0.25, 0.3) is 0 Å². The highest BCUT2D eigenvalue weighted by molar-refractivity contribution is 5.68. The number of nitrogens with one attached hydrogen (secondary N) is 1. The summed E-state index contributed by atoms with van der Waals surface area (Å²) >= 11 is 0. The highest BCUT2D eigenvalue weighted by atomic mass is 15.3. The van der Waals surface area contributed by atoms with E-state index in [1.165, 1.54) is 49.3 Å². The second-order valence-corrected chi connectivity index (χ2v) is 7.94. The summed E-state index contributed by atoms with van der Waals surface area (Å²) in [5.74, 6) is 1.60. The maximum absolute atomic E-state index is 4.82. The first kappa shape index (κ1) is 18.0. The highest BCUT2D eigenvalue weighted by Crippen LogP contribution is 2.33. The van der Waals surface area contributed by atoms with Crippen LogP contribution in [0.2, 0.25) is 0 Å². The third-order valence-corrected chi connectivity index (χ3v) is 5.83. The summed E-state index contributed by atoms with van der Waals surface area (Å²) in [6.07, 6.45) is 4.98. The first-order valence-corrected chi connectivity index (χ1v) is 10.6. The molecule has 0 atom stereocenters. The molecule has 1 N–H and O–H groups in total. The van der Waals surface area contributed by atoms with E-state index in [-0.39, 0.29) is 0 Å². The number of para-hydroxylation sites is 1. The van der Waals surface area contributed by atoms with E-state index in [0.717, 1.165) is 36.1 Å². The van der Waals surface area contributed by atoms with Crippen LogP contribution < -0.4 is 15.1 Å². The third kappa shape index (κ3) is 3.77. The van der Waals surface area contributed by atoms with Crippen molar-refractivity contribution in [1.29, 1.82) is 0 Å². The molecule has 1 aromatic heterocycles. The molecule has 1 fully saturated rings. The minimum Gasteiger partial charge on any atom is -0.372 e. The van der Waals surface area contributed by atoms with Crippen molar-refractivity contribution in [3.05, 3.63) is 65.9 Å². The number of aromatic nitrogens is 2. The van der Waals surface area contributed by atoms with Gasteiger partial charge in [-0.3, -0.25) is 0 Å². The van der Waals surface area contributed by atoms with Crippen LogP contribution in [0, 0.1) is 6.92 Å². The van der Waals surface area contributed by atoms with Crippen LogP contribution in [0.15, 0.2) is 54.6 Å². The standard InChI is InChI=1S/C24H27N5/c1-18-17-23(26-20-9-11-21(12-10-20)28-14-5-2-6-15-28)27-24(25-18)29-16-13-19-7-3-4-8-22(19)29/h3-4,7-12,17H,2,5-6,13-16H2,1H3,(H,25,26,27). The van der Waals surface area contributed by atoms with Crippen LogP contribution in [-0.2, 0) is 6.42 Å². The van der Waals surface area contributed by atoms with Crippen LogP contribution >= 0.6 is 0 Å². The van der Waals surface area contributed by atoms with Crippen molar-refractivity contribution in [3.63, 3.8) is 0 Å². The molecule has 0 amide bonds. The lowest BCUT2D eigenvalue weighted by atomic mass is 10.1. The van der Waals surface area contributed by atoms with E-state index in [1.54, 1.807) is 0 Å². The second kappa shape index (κ2) is 7.74. The lowest BCUT2D eigenvalue weighted by molar-refractivity contribution is 0.578. The molecule has 29 heavy (non-hydrogen) atoms. The Morgan fingerprint density at radius 1 is 0.862 bits per heavy atom. The van der Waals surface area contributed by atoms with E-state index < -0.39 is 0 Å². The Balaban J connectivity index is 1.36. The molecular weight excluding hydrogens is 358 g/mol. The zero-order valence-corrected chi connectivity index (χ0v) is 16.9. The highest BCUT2D eigenvalue weighted by Gasteiger charge is 2.22. The molecule has 0 spiro atoms. The van der Waals surface area contributed by atoms with Crippen LogP contribution in [-0.4, -0.2) is 29.6 Å².